The molecule has 2 bridgehead atoms. The lowest BCUT2D eigenvalue weighted by molar-refractivity contribution is -0.239. The van der Waals surface area contributed by atoms with Crippen LogP contribution in [-0.2, 0) is 19.0 Å². The van der Waals surface area contributed by atoms with Crippen molar-refractivity contribution in [1.82, 2.24) is 0 Å². The number of hydrogen-bond acceptors (Lipinski definition) is 6. The number of carbonyl (C=O) groups is 1. The van der Waals surface area contributed by atoms with Gasteiger partial charge >= 0.3 is 5.97 Å². The number of hydrogen-bond donors (Lipinski definition) is 2. The van der Waals surface area contributed by atoms with Gasteiger partial charge in [0, 0.05) is 25.5 Å². The van der Waals surface area contributed by atoms with E-state index in [4.69, 9.17) is 14.2 Å². The molecule has 0 radical (unpaired) electrons. The maximum atomic E-state index is 11.9. The number of esters is 1. The molecule has 0 aromatic carbocycles. The van der Waals surface area contributed by atoms with E-state index >= 15 is 0 Å². The minimum absolute atomic E-state index is 0.0732. The van der Waals surface area contributed by atoms with Crippen LogP contribution in [0.5, 0.6) is 0 Å². The third-order valence-corrected chi connectivity index (χ3v) is 10.5. The SMILES string of the molecule is CO[C@@H]1O[C@@]23CC[C@@]4(O)C[C@@H](O)CC[C@@]14[C@H]2CC[C@]1(C)[C@@H](C2=CC(=O)OC2)CC[C@H]13. The van der Waals surface area contributed by atoms with Crippen LogP contribution in [0.15, 0.2) is 11.6 Å². The van der Waals surface area contributed by atoms with Crippen LogP contribution < -0.4 is 0 Å². The average molecular weight is 419 g/mol. The van der Waals surface area contributed by atoms with E-state index in [0.717, 1.165) is 44.1 Å². The Morgan fingerprint density at radius 2 is 1.93 bits per heavy atom. The zero-order chi connectivity index (χ0) is 20.9. The van der Waals surface area contributed by atoms with Gasteiger partial charge in [-0.3, -0.25) is 0 Å². The van der Waals surface area contributed by atoms with E-state index in [0.29, 0.717) is 37.7 Å². The molecule has 5 fully saturated rings. The molecule has 6 heteroatoms. The van der Waals surface area contributed by atoms with Gasteiger partial charge in [-0.15, -0.1) is 0 Å². The van der Waals surface area contributed by atoms with Gasteiger partial charge in [0.05, 0.1) is 22.7 Å². The van der Waals surface area contributed by atoms with Gasteiger partial charge in [-0.1, -0.05) is 6.92 Å². The van der Waals surface area contributed by atoms with Crippen LogP contribution in [0.2, 0.25) is 0 Å². The standard InChI is InChI=1S/C24H34O6/c1-21-7-6-18-23-8-5-15(25)12-22(23,27)9-10-24(18,30-20(23)28-2)17(21)4-3-16(21)14-11-19(26)29-13-14/h11,15-18,20,25,27H,3-10,12-13H2,1-2H3/t15-,16+,17+,18+,20+,21+,22+,23+,24+/m0/s1. The van der Waals surface area contributed by atoms with E-state index < -0.39 is 23.4 Å². The monoisotopic (exact) mass is 418 g/mol. The first-order valence-electron chi connectivity index (χ1n) is 11.8. The Kier molecular flexibility index (Phi) is 4.00. The van der Waals surface area contributed by atoms with Gasteiger partial charge in [0.25, 0.3) is 0 Å². The fraction of sp³-hybridized carbons (Fsp3) is 0.875. The summed E-state index contributed by atoms with van der Waals surface area (Å²) in [5.41, 5.74) is -0.394. The van der Waals surface area contributed by atoms with Gasteiger partial charge in [0.15, 0.2) is 6.29 Å². The molecule has 4 aliphatic carbocycles. The molecule has 0 aromatic heterocycles. The zero-order valence-corrected chi connectivity index (χ0v) is 18.1. The lowest BCUT2D eigenvalue weighted by Gasteiger charge is -2.63. The third kappa shape index (κ3) is 2.12. The predicted octanol–water partition coefficient (Wildman–Crippen LogP) is 2.71. The first kappa shape index (κ1) is 19.7. The summed E-state index contributed by atoms with van der Waals surface area (Å²) in [6, 6.07) is 0. The van der Waals surface area contributed by atoms with Crippen LogP contribution in [0, 0.1) is 28.6 Å². The molecule has 1 saturated heterocycles. The number of cyclic esters (lactones) is 1. The largest absolute Gasteiger partial charge is 0.458 e. The van der Waals surface area contributed by atoms with Crippen LogP contribution in [-0.4, -0.2) is 53.5 Å². The third-order valence-electron chi connectivity index (χ3n) is 10.5. The van der Waals surface area contributed by atoms with Crippen molar-refractivity contribution in [3.63, 3.8) is 0 Å². The molecule has 2 aliphatic heterocycles. The highest BCUT2D eigenvalue weighted by atomic mass is 16.7. The van der Waals surface area contributed by atoms with Crippen molar-refractivity contribution in [3.05, 3.63) is 11.6 Å². The Labute approximate surface area is 177 Å². The summed E-state index contributed by atoms with van der Waals surface area (Å²) in [6.07, 6.45) is 8.47. The first-order chi connectivity index (χ1) is 14.3. The molecule has 2 N–H and O–H groups in total. The second-order valence-corrected chi connectivity index (χ2v) is 11.2. The molecule has 6 aliphatic rings. The average Bonchev–Trinajstić information content (AvgIpc) is 3.34. The minimum Gasteiger partial charge on any atom is -0.458 e. The molecule has 166 valence electrons. The second kappa shape index (κ2) is 6.09. The zero-order valence-electron chi connectivity index (χ0n) is 18.1. The van der Waals surface area contributed by atoms with Gasteiger partial charge in [-0.05, 0) is 74.2 Å². The van der Waals surface area contributed by atoms with E-state index in [-0.39, 0.29) is 22.9 Å². The van der Waals surface area contributed by atoms with E-state index in [2.05, 4.69) is 6.92 Å². The van der Waals surface area contributed by atoms with Crippen LogP contribution in [0.4, 0.5) is 0 Å². The van der Waals surface area contributed by atoms with Crippen molar-refractivity contribution in [2.75, 3.05) is 13.7 Å². The Morgan fingerprint density at radius 1 is 1.10 bits per heavy atom. The number of carbonyl (C=O) groups excluding carboxylic acids is 1. The Balaban J connectivity index is 1.42. The smallest absolute Gasteiger partial charge is 0.331 e. The van der Waals surface area contributed by atoms with Gasteiger partial charge in [-0.25, -0.2) is 4.79 Å². The predicted molar refractivity (Wildman–Crippen MR) is 107 cm³/mol. The number of methoxy groups -OCH3 is 1. The number of aliphatic hydroxyl groups excluding tert-OH is 1. The molecule has 2 heterocycles. The Bertz CT molecular complexity index is 810. The second-order valence-electron chi connectivity index (χ2n) is 11.2. The molecule has 0 amide bonds. The summed E-state index contributed by atoms with van der Waals surface area (Å²) in [5, 5.41) is 22.2. The lowest BCUT2D eigenvalue weighted by atomic mass is 9.42. The van der Waals surface area contributed by atoms with E-state index in [1.807, 2.05) is 0 Å². The quantitative estimate of drug-likeness (QED) is 0.671. The summed E-state index contributed by atoms with van der Waals surface area (Å²) in [7, 11) is 1.71. The molecule has 0 aromatic rings. The van der Waals surface area contributed by atoms with Crippen molar-refractivity contribution in [2.24, 2.45) is 28.6 Å². The lowest BCUT2D eigenvalue weighted by Crippen LogP contribution is -2.67. The number of rotatable bonds is 2. The molecular weight excluding hydrogens is 384 g/mol. The van der Waals surface area contributed by atoms with Gasteiger partial charge in [0.2, 0.25) is 0 Å². The van der Waals surface area contributed by atoms with E-state index in [1.165, 1.54) is 0 Å². The molecule has 1 spiro atoms. The fourth-order valence-corrected chi connectivity index (χ4v) is 9.41. The fourth-order valence-electron chi connectivity index (χ4n) is 9.41. The molecular formula is C24H34O6. The summed E-state index contributed by atoms with van der Waals surface area (Å²) in [5.74, 6) is 0.801. The number of aliphatic hydroxyl groups is 2. The molecule has 6 rings (SSSR count). The minimum atomic E-state index is -0.921. The van der Waals surface area contributed by atoms with Gasteiger partial charge < -0.3 is 24.4 Å². The Morgan fingerprint density at radius 3 is 2.67 bits per heavy atom. The van der Waals surface area contributed by atoms with Crippen molar-refractivity contribution in [3.8, 4) is 0 Å². The highest BCUT2D eigenvalue weighted by Gasteiger charge is 2.79. The number of fused-ring (bicyclic) bond motifs is 1. The highest BCUT2D eigenvalue weighted by molar-refractivity contribution is 5.85. The van der Waals surface area contributed by atoms with E-state index in [1.54, 1.807) is 13.2 Å². The number of ether oxygens (including phenoxy) is 3. The highest BCUT2D eigenvalue weighted by Crippen LogP contribution is 2.76. The summed E-state index contributed by atoms with van der Waals surface area (Å²) in [4.78, 5) is 11.7. The van der Waals surface area contributed by atoms with Crippen molar-refractivity contribution >= 4 is 5.97 Å². The summed E-state index contributed by atoms with van der Waals surface area (Å²) >= 11 is 0. The molecule has 0 unspecified atom stereocenters. The topological polar surface area (TPSA) is 85.2 Å². The molecule has 30 heavy (non-hydrogen) atoms. The van der Waals surface area contributed by atoms with Gasteiger partial charge in [0.1, 0.15) is 6.61 Å². The van der Waals surface area contributed by atoms with Crippen LogP contribution in [0.1, 0.15) is 64.7 Å². The normalized spacial score (nSPS) is 56.7. The van der Waals surface area contributed by atoms with Crippen molar-refractivity contribution in [1.29, 1.82) is 0 Å². The van der Waals surface area contributed by atoms with Crippen LogP contribution >= 0.6 is 0 Å². The van der Waals surface area contributed by atoms with Crippen molar-refractivity contribution < 1.29 is 29.2 Å². The molecule has 4 saturated carbocycles. The van der Waals surface area contributed by atoms with E-state index in [9.17, 15) is 15.0 Å². The first-order valence-corrected chi connectivity index (χ1v) is 11.8. The van der Waals surface area contributed by atoms with Crippen LogP contribution in [0.25, 0.3) is 0 Å². The summed E-state index contributed by atoms with van der Waals surface area (Å²) < 4.78 is 18.1. The maximum absolute atomic E-state index is 11.9. The van der Waals surface area contributed by atoms with Crippen LogP contribution in [0.3, 0.4) is 0 Å². The summed E-state index contributed by atoms with van der Waals surface area (Å²) in [6.45, 7) is 2.83. The molecule has 9 atom stereocenters. The Hall–Kier alpha value is -0.950. The molecule has 6 nitrogen and oxygen atoms in total. The van der Waals surface area contributed by atoms with Gasteiger partial charge in [-0.2, -0.15) is 0 Å². The van der Waals surface area contributed by atoms with Crippen molar-refractivity contribution in [2.45, 2.75) is 88.3 Å². The maximum Gasteiger partial charge on any atom is 0.331 e.